The number of hydrogen-bond donors (Lipinski definition) is 3. The van der Waals surface area contributed by atoms with Crippen molar-refractivity contribution in [3.05, 3.63) is 61.9 Å². The van der Waals surface area contributed by atoms with Crippen LogP contribution in [0, 0.1) is 0 Å². The summed E-state index contributed by atoms with van der Waals surface area (Å²) in [5.74, 6) is -1.45. The number of amides is 3. The summed E-state index contributed by atoms with van der Waals surface area (Å²) < 4.78 is 0. The summed E-state index contributed by atoms with van der Waals surface area (Å²) >= 11 is 0. The molecule has 0 bridgehead atoms. The highest BCUT2D eigenvalue weighted by atomic mass is 16.2. The number of hydrogen-bond acceptors (Lipinski definition) is 5. The summed E-state index contributed by atoms with van der Waals surface area (Å²) in [6.07, 6.45) is 2.62. The van der Waals surface area contributed by atoms with Gasteiger partial charge in [0.1, 0.15) is 5.69 Å². The summed E-state index contributed by atoms with van der Waals surface area (Å²) in [5, 5.41) is 2.35. The second kappa shape index (κ2) is 6.79. The number of aromatic amines is 2. The molecule has 0 aliphatic carbocycles. The van der Waals surface area contributed by atoms with E-state index in [1.807, 2.05) is 11.9 Å². The highest BCUT2D eigenvalue weighted by Crippen LogP contribution is 2.24. The van der Waals surface area contributed by atoms with Crippen molar-refractivity contribution in [1.29, 1.82) is 0 Å². The van der Waals surface area contributed by atoms with Gasteiger partial charge >= 0.3 is 5.69 Å². The van der Waals surface area contributed by atoms with E-state index in [0.29, 0.717) is 13.0 Å². The van der Waals surface area contributed by atoms with Gasteiger partial charge in [-0.3, -0.25) is 29.1 Å². The first-order chi connectivity index (χ1) is 12.4. The van der Waals surface area contributed by atoms with Crippen LogP contribution in [0.15, 0.2) is 34.0 Å². The van der Waals surface area contributed by atoms with Crippen LogP contribution in [-0.2, 0) is 0 Å². The zero-order valence-electron chi connectivity index (χ0n) is 13.9. The Morgan fingerprint density at radius 3 is 2.54 bits per heavy atom. The Bertz CT molecular complexity index is 1020. The first kappa shape index (κ1) is 17.3. The third-order valence-electron chi connectivity index (χ3n) is 4.04. The molecule has 3 amide bonds. The highest BCUT2D eigenvalue weighted by molar-refractivity contribution is 6.22. The largest absolute Gasteiger partial charge is 0.325 e. The number of unbranched alkanes of at least 4 members (excludes halogenated alkanes) is 1. The molecule has 0 saturated heterocycles. The molecule has 0 unspecified atom stereocenters. The number of rotatable bonds is 5. The van der Waals surface area contributed by atoms with Gasteiger partial charge < -0.3 is 10.3 Å². The molecule has 3 rings (SSSR count). The Balaban J connectivity index is 1.86. The average Bonchev–Trinajstić information content (AvgIpc) is 2.86. The van der Waals surface area contributed by atoms with Crippen molar-refractivity contribution in [2.75, 3.05) is 11.9 Å². The van der Waals surface area contributed by atoms with E-state index in [1.54, 1.807) is 0 Å². The molecule has 0 saturated carbocycles. The van der Waals surface area contributed by atoms with E-state index >= 15 is 0 Å². The summed E-state index contributed by atoms with van der Waals surface area (Å²) in [6.45, 7) is 2.29. The minimum absolute atomic E-state index is 0.118. The van der Waals surface area contributed by atoms with Gasteiger partial charge in [0.2, 0.25) is 0 Å². The number of nitrogens with one attached hydrogen (secondary N) is 3. The third-order valence-corrected chi connectivity index (χ3v) is 4.04. The number of aromatic nitrogens is 2. The van der Waals surface area contributed by atoms with Crippen molar-refractivity contribution in [3.63, 3.8) is 0 Å². The van der Waals surface area contributed by atoms with Gasteiger partial charge in [0, 0.05) is 18.3 Å². The molecule has 9 nitrogen and oxygen atoms in total. The van der Waals surface area contributed by atoms with E-state index < -0.39 is 23.1 Å². The minimum atomic E-state index is -0.750. The fourth-order valence-electron chi connectivity index (χ4n) is 2.65. The Kier molecular flexibility index (Phi) is 4.53. The van der Waals surface area contributed by atoms with Crippen molar-refractivity contribution in [1.82, 2.24) is 14.9 Å². The second-order valence-electron chi connectivity index (χ2n) is 5.82. The van der Waals surface area contributed by atoms with Gasteiger partial charge in [-0.25, -0.2) is 4.79 Å². The maximum absolute atomic E-state index is 12.4. The molecule has 1 aliphatic rings. The number of anilines is 1. The molecule has 0 atom stereocenters. The zero-order valence-corrected chi connectivity index (χ0v) is 13.9. The molecule has 0 fully saturated rings. The Morgan fingerprint density at radius 1 is 1.12 bits per heavy atom. The van der Waals surface area contributed by atoms with Crippen LogP contribution < -0.4 is 16.6 Å². The summed E-state index contributed by atoms with van der Waals surface area (Å²) in [7, 11) is 0. The second-order valence-corrected chi connectivity index (χ2v) is 5.82. The Hall–Kier alpha value is -3.49. The summed E-state index contributed by atoms with van der Waals surface area (Å²) in [6, 6.07) is 4.16. The number of nitrogens with zero attached hydrogens (tertiary/aromatic N) is 1. The normalized spacial score (nSPS) is 13.0. The van der Waals surface area contributed by atoms with Crippen LogP contribution in [0.4, 0.5) is 5.69 Å². The van der Waals surface area contributed by atoms with Gasteiger partial charge in [0.05, 0.1) is 11.1 Å². The number of carbonyl (C=O) groups excluding carboxylic acids is 3. The number of fused-ring (bicyclic) bond motifs is 1. The predicted molar refractivity (Wildman–Crippen MR) is 92.4 cm³/mol. The quantitative estimate of drug-likeness (QED) is 0.679. The van der Waals surface area contributed by atoms with Crippen LogP contribution in [0.2, 0.25) is 0 Å². The molecule has 9 heteroatoms. The zero-order chi connectivity index (χ0) is 18.8. The molecule has 26 heavy (non-hydrogen) atoms. The number of H-pyrrole nitrogens is 2. The smallest absolute Gasteiger partial charge is 0.316 e. The highest BCUT2D eigenvalue weighted by Gasteiger charge is 2.35. The first-order valence-corrected chi connectivity index (χ1v) is 8.06. The molecular formula is C17H16N4O5. The minimum Gasteiger partial charge on any atom is -0.316 e. The average molecular weight is 356 g/mol. The Morgan fingerprint density at radius 2 is 1.85 bits per heavy atom. The standard InChI is InChI=1S/C17H16N4O5/c1-2-3-6-21-15(24)10-5-4-9(7-11(10)16(21)25)13(22)19-12-8-18-17(26)20-14(12)23/h4-5,7-8H,2-3,6H2,1H3,(H,19,22)(H2,18,20,23,26). The molecular weight excluding hydrogens is 340 g/mol. The Labute approximate surface area is 147 Å². The molecule has 3 N–H and O–H groups in total. The SMILES string of the molecule is CCCCN1C(=O)c2ccc(C(=O)Nc3c[nH]c(=O)[nH]c3=O)cc2C1=O. The summed E-state index contributed by atoms with van der Waals surface area (Å²) in [4.78, 5) is 65.1. The van der Waals surface area contributed by atoms with E-state index in [1.165, 1.54) is 23.1 Å². The van der Waals surface area contributed by atoms with Crippen LogP contribution in [0.25, 0.3) is 0 Å². The van der Waals surface area contributed by atoms with E-state index in [-0.39, 0.29) is 28.3 Å². The fraction of sp³-hybridized carbons (Fsp3) is 0.235. The molecule has 1 aromatic carbocycles. The maximum atomic E-state index is 12.4. The molecule has 134 valence electrons. The topological polar surface area (TPSA) is 132 Å². The monoisotopic (exact) mass is 356 g/mol. The maximum Gasteiger partial charge on any atom is 0.325 e. The molecule has 1 aliphatic heterocycles. The van der Waals surface area contributed by atoms with Crippen LogP contribution in [0.5, 0.6) is 0 Å². The van der Waals surface area contributed by atoms with Crippen molar-refractivity contribution in [2.45, 2.75) is 19.8 Å². The molecule has 2 heterocycles. The van der Waals surface area contributed by atoms with Gasteiger partial charge in [0.15, 0.2) is 0 Å². The van der Waals surface area contributed by atoms with Gasteiger partial charge in [-0.2, -0.15) is 0 Å². The van der Waals surface area contributed by atoms with Crippen LogP contribution in [0.1, 0.15) is 50.8 Å². The number of carbonyl (C=O) groups is 3. The lowest BCUT2D eigenvalue weighted by Gasteiger charge is -2.12. The van der Waals surface area contributed by atoms with E-state index in [4.69, 9.17) is 0 Å². The van der Waals surface area contributed by atoms with Crippen LogP contribution in [0.3, 0.4) is 0 Å². The van der Waals surface area contributed by atoms with Crippen molar-refractivity contribution in [2.24, 2.45) is 0 Å². The van der Waals surface area contributed by atoms with E-state index in [9.17, 15) is 24.0 Å². The lowest BCUT2D eigenvalue weighted by atomic mass is 10.1. The molecule has 2 aromatic rings. The number of benzene rings is 1. The first-order valence-electron chi connectivity index (χ1n) is 8.06. The van der Waals surface area contributed by atoms with Crippen molar-refractivity contribution >= 4 is 23.4 Å². The molecule has 1 aromatic heterocycles. The lowest BCUT2D eigenvalue weighted by Crippen LogP contribution is -2.30. The van der Waals surface area contributed by atoms with Crippen LogP contribution in [-0.4, -0.2) is 39.1 Å². The van der Waals surface area contributed by atoms with Gasteiger partial charge in [-0.1, -0.05) is 13.3 Å². The third kappa shape index (κ3) is 3.06. The predicted octanol–water partition coefficient (Wildman–Crippen LogP) is 0.712. The van der Waals surface area contributed by atoms with E-state index in [0.717, 1.165) is 12.6 Å². The van der Waals surface area contributed by atoms with Crippen LogP contribution >= 0.6 is 0 Å². The van der Waals surface area contributed by atoms with Gasteiger partial charge in [-0.05, 0) is 24.6 Å². The van der Waals surface area contributed by atoms with Crippen molar-refractivity contribution < 1.29 is 14.4 Å². The van der Waals surface area contributed by atoms with E-state index in [2.05, 4.69) is 10.3 Å². The van der Waals surface area contributed by atoms with Gasteiger partial charge in [0.25, 0.3) is 23.3 Å². The fourth-order valence-corrected chi connectivity index (χ4v) is 2.65. The van der Waals surface area contributed by atoms with Gasteiger partial charge in [-0.15, -0.1) is 0 Å². The summed E-state index contributed by atoms with van der Waals surface area (Å²) in [5.41, 5.74) is -1.05. The molecule has 0 radical (unpaired) electrons. The molecule has 0 spiro atoms. The number of imide groups is 1. The lowest BCUT2D eigenvalue weighted by molar-refractivity contribution is 0.0652. The van der Waals surface area contributed by atoms with Crippen molar-refractivity contribution in [3.8, 4) is 0 Å².